The van der Waals surface area contributed by atoms with E-state index < -0.39 is 22.9 Å². The molecule has 0 aliphatic carbocycles. The second kappa shape index (κ2) is 9.23. The lowest BCUT2D eigenvalue weighted by Crippen LogP contribution is -2.30. The molecule has 0 bridgehead atoms. The molecular formula is C19H18N2O6. The van der Waals surface area contributed by atoms with Crippen molar-refractivity contribution in [1.82, 2.24) is 0 Å². The molecule has 0 aliphatic rings. The number of hydrogen-bond acceptors (Lipinski definition) is 6. The Kier molecular flexibility index (Phi) is 6.76. The monoisotopic (exact) mass is 370 g/mol. The number of nitrogens with zero attached hydrogens (tertiary/aromatic N) is 1. The van der Waals surface area contributed by atoms with Crippen LogP contribution in [0.4, 0.5) is 11.4 Å². The Morgan fingerprint density at radius 3 is 2.33 bits per heavy atom. The van der Waals surface area contributed by atoms with Gasteiger partial charge in [0.05, 0.1) is 11.3 Å². The summed E-state index contributed by atoms with van der Waals surface area (Å²) in [6.45, 7) is 1.35. The number of amides is 1. The molecule has 8 heteroatoms. The van der Waals surface area contributed by atoms with E-state index in [1.807, 2.05) is 0 Å². The summed E-state index contributed by atoms with van der Waals surface area (Å²) in [5.74, 6) is -1.61. The van der Waals surface area contributed by atoms with Gasteiger partial charge in [0.25, 0.3) is 11.6 Å². The zero-order valence-corrected chi connectivity index (χ0v) is 14.6. The Labute approximate surface area is 155 Å². The molecule has 2 rings (SSSR count). The lowest BCUT2D eigenvalue weighted by Gasteiger charge is -2.13. The minimum Gasteiger partial charge on any atom is -0.453 e. The first-order valence-electron chi connectivity index (χ1n) is 8.20. The van der Waals surface area contributed by atoms with E-state index in [0.29, 0.717) is 5.56 Å². The predicted octanol–water partition coefficient (Wildman–Crippen LogP) is 3.13. The molecule has 0 aliphatic heterocycles. The van der Waals surface area contributed by atoms with Gasteiger partial charge in [0.1, 0.15) is 5.69 Å². The van der Waals surface area contributed by atoms with Crippen LogP contribution in [0.2, 0.25) is 0 Å². The smallest absolute Gasteiger partial charge is 0.307 e. The molecule has 0 radical (unpaired) electrons. The van der Waals surface area contributed by atoms with Crippen molar-refractivity contribution in [2.24, 2.45) is 0 Å². The molecule has 2 aromatic carbocycles. The van der Waals surface area contributed by atoms with Crippen LogP contribution in [0.1, 0.15) is 30.1 Å². The van der Waals surface area contributed by atoms with Gasteiger partial charge < -0.3 is 10.1 Å². The van der Waals surface area contributed by atoms with E-state index in [1.165, 1.54) is 31.2 Å². The number of anilines is 1. The SMILES string of the molecule is CC(OC(=O)CCC(=O)c1ccccc1)C(=O)Nc1ccccc1[N+](=O)[O-]. The van der Waals surface area contributed by atoms with E-state index in [-0.39, 0.29) is 30.0 Å². The van der Waals surface area contributed by atoms with Crippen molar-refractivity contribution in [1.29, 1.82) is 0 Å². The van der Waals surface area contributed by atoms with Crippen LogP contribution in [0, 0.1) is 10.1 Å². The Balaban J connectivity index is 1.86. The average molecular weight is 370 g/mol. The molecule has 0 aromatic heterocycles. The zero-order valence-electron chi connectivity index (χ0n) is 14.6. The molecule has 1 N–H and O–H groups in total. The van der Waals surface area contributed by atoms with Gasteiger partial charge >= 0.3 is 5.97 Å². The minimum atomic E-state index is -1.16. The van der Waals surface area contributed by atoms with Gasteiger partial charge in [-0.2, -0.15) is 0 Å². The van der Waals surface area contributed by atoms with Crippen LogP contribution in [-0.2, 0) is 14.3 Å². The van der Waals surface area contributed by atoms with Crippen molar-refractivity contribution >= 4 is 29.0 Å². The standard InChI is InChI=1S/C19H18N2O6/c1-13(19(24)20-15-9-5-6-10-16(15)21(25)26)27-18(23)12-11-17(22)14-7-3-2-4-8-14/h2-10,13H,11-12H2,1H3,(H,20,24). The highest BCUT2D eigenvalue weighted by atomic mass is 16.6. The number of carbonyl (C=O) groups is 3. The highest BCUT2D eigenvalue weighted by Crippen LogP contribution is 2.23. The highest BCUT2D eigenvalue weighted by Gasteiger charge is 2.22. The minimum absolute atomic E-state index is 0.00894. The maximum atomic E-state index is 12.1. The van der Waals surface area contributed by atoms with Crippen molar-refractivity contribution < 1.29 is 24.0 Å². The molecule has 8 nitrogen and oxygen atoms in total. The van der Waals surface area contributed by atoms with Crippen molar-refractivity contribution in [3.05, 3.63) is 70.3 Å². The number of ketones is 1. The molecule has 0 fully saturated rings. The van der Waals surface area contributed by atoms with Gasteiger partial charge in [-0.3, -0.25) is 24.5 Å². The number of nitro groups is 1. The fourth-order valence-electron chi connectivity index (χ4n) is 2.27. The Bertz CT molecular complexity index is 850. The van der Waals surface area contributed by atoms with Crippen molar-refractivity contribution in [3.63, 3.8) is 0 Å². The van der Waals surface area contributed by atoms with Crippen LogP contribution in [-0.4, -0.2) is 28.7 Å². The lowest BCUT2D eigenvalue weighted by molar-refractivity contribution is -0.383. The Hall–Kier alpha value is -3.55. The topological polar surface area (TPSA) is 116 Å². The summed E-state index contributed by atoms with van der Waals surface area (Å²) in [5.41, 5.74) is 0.236. The highest BCUT2D eigenvalue weighted by molar-refractivity contribution is 5.98. The number of nitro benzene ring substituents is 1. The van der Waals surface area contributed by atoms with Gasteiger partial charge in [0.15, 0.2) is 11.9 Å². The first kappa shape index (κ1) is 19.8. The molecule has 0 saturated heterocycles. The summed E-state index contributed by atoms with van der Waals surface area (Å²) in [6.07, 6.45) is -1.37. The third-order valence-electron chi connectivity index (χ3n) is 3.69. The average Bonchev–Trinajstić information content (AvgIpc) is 2.67. The number of nitrogens with one attached hydrogen (secondary N) is 1. The molecule has 27 heavy (non-hydrogen) atoms. The number of para-hydroxylation sites is 2. The van der Waals surface area contributed by atoms with Crippen LogP contribution < -0.4 is 5.32 Å². The predicted molar refractivity (Wildman–Crippen MR) is 97.3 cm³/mol. The van der Waals surface area contributed by atoms with Crippen molar-refractivity contribution in [2.75, 3.05) is 5.32 Å². The summed E-state index contributed by atoms with van der Waals surface area (Å²) >= 11 is 0. The van der Waals surface area contributed by atoms with Gasteiger partial charge in [-0.25, -0.2) is 0 Å². The van der Waals surface area contributed by atoms with Crippen molar-refractivity contribution in [3.8, 4) is 0 Å². The second-order valence-electron chi connectivity index (χ2n) is 5.68. The van der Waals surface area contributed by atoms with Crippen molar-refractivity contribution in [2.45, 2.75) is 25.9 Å². The third kappa shape index (κ3) is 5.74. The molecular weight excluding hydrogens is 352 g/mol. The maximum Gasteiger partial charge on any atom is 0.307 e. The fourth-order valence-corrected chi connectivity index (χ4v) is 2.27. The van der Waals surface area contributed by atoms with E-state index in [0.717, 1.165) is 0 Å². The van der Waals surface area contributed by atoms with Crippen LogP contribution >= 0.6 is 0 Å². The number of hydrogen-bond donors (Lipinski definition) is 1. The van der Waals surface area contributed by atoms with Gasteiger partial charge in [0.2, 0.25) is 0 Å². The first-order chi connectivity index (χ1) is 12.9. The lowest BCUT2D eigenvalue weighted by atomic mass is 10.1. The fraction of sp³-hybridized carbons (Fsp3) is 0.211. The summed E-state index contributed by atoms with van der Waals surface area (Å²) in [6, 6.07) is 14.2. The molecule has 0 heterocycles. The Morgan fingerprint density at radius 1 is 1.04 bits per heavy atom. The zero-order chi connectivity index (χ0) is 19.8. The van der Waals surface area contributed by atoms with Gasteiger partial charge in [-0.05, 0) is 13.0 Å². The van der Waals surface area contributed by atoms with E-state index >= 15 is 0 Å². The molecule has 2 aromatic rings. The van der Waals surface area contributed by atoms with Gasteiger partial charge in [-0.1, -0.05) is 42.5 Å². The van der Waals surface area contributed by atoms with E-state index in [2.05, 4.69) is 5.32 Å². The number of carbonyl (C=O) groups excluding carboxylic acids is 3. The number of benzene rings is 2. The van der Waals surface area contributed by atoms with Crippen LogP contribution in [0.15, 0.2) is 54.6 Å². The maximum absolute atomic E-state index is 12.1. The first-order valence-corrected chi connectivity index (χ1v) is 8.20. The third-order valence-corrected chi connectivity index (χ3v) is 3.69. The number of Topliss-reactive ketones (excluding diaryl/α,β-unsaturated/α-hetero) is 1. The molecule has 1 atom stereocenters. The van der Waals surface area contributed by atoms with E-state index in [9.17, 15) is 24.5 Å². The quantitative estimate of drug-likeness (QED) is 0.330. The molecule has 0 saturated carbocycles. The van der Waals surface area contributed by atoms with E-state index in [4.69, 9.17) is 4.74 Å². The number of esters is 1. The van der Waals surface area contributed by atoms with E-state index in [1.54, 1.807) is 30.3 Å². The van der Waals surface area contributed by atoms with Crippen LogP contribution in [0.3, 0.4) is 0 Å². The largest absolute Gasteiger partial charge is 0.453 e. The summed E-state index contributed by atoms with van der Waals surface area (Å²) in [7, 11) is 0. The normalized spacial score (nSPS) is 11.3. The molecule has 1 unspecified atom stereocenters. The summed E-state index contributed by atoms with van der Waals surface area (Å²) in [5, 5.41) is 13.3. The number of ether oxygens (including phenoxy) is 1. The number of rotatable bonds is 8. The summed E-state index contributed by atoms with van der Waals surface area (Å²) < 4.78 is 5.00. The Morgan fingerprint density at radius 2 is 1.67 bits per heavy atom. The van der Waals surface area contributed by atoms with Crippen LogP contribution in [0.25, 0.3) is 0 Å². The second-order valence-corrected chi connectivity index (χ2v) is 5.68. The molecule has 0 spiro atoms. The van der Waals surface area contributed by atoms with Gasteiger partial charge in [-0.15, -0.1) is 0 Å². The van der Waals surface area contributed by atoms with Crippen LogP contribution in [0.5, 0.6) is 0 Å². The van der Waals surface area contributed by atoms with Gasteiger partial charge in [0, 0.05) is 18.1 Å². The summed E-state index contributed by atoms with van der Waals surface area (Å²) in [4.78, 5) is 46.3. The molecule has 140 valence electrons. The molecule has 1 amide bonds.